The van der Waals surface area contributed by atoms with Crippen molar-refractivity contribution in [3.05, 3.63) is 121 Å². The van der Waals surface area contributed by atoms with E-state index < -0.39 is 59.7 Å². The Morgan fingerprint density at radius 3 is 1.03 bits per heavy atom. The SMILES string of the molecule is C.CC(=O)C(C)OC(=O)CC(CNc1nc(C)nc(N2CCC(c3ccc4c(n3)CCCC4)CC2)c1C)C(=O)O.CC(=O)CCOC(=O)CC(CNc1nc(C)nc(N2CCC(c3ccc4c(n3)CCCC4)CC2)c1C)C(=O)O.CC(=O)COC(=O)CC(CNc1nc(C)nc(N2CCC(c3ccc4c(n3)CCCC4)CC2)c1C)C(=O)O. The second kappa shape index (κ2) is 43.0. The predicted octanol–water partition coefficient (Wildman–Crippen LogP) is 11.6. The van der Waals surface area contributed by atoms with Crippen LogP contribution in [0.15, 0.2) is 36.4 Å². The lowest BCUT2D eigenvalue weighted by molar-refractivity contribution is -0.157. The number of ketones is 3. The summed E-state index contributed by atoms with van der Waals surface area (Å²) in [7, 11) is 0. The Morgan fingerprint density at radius 2 is 0.726 bits per heavy atom. The molecule has 6 aliphatic rings. The lowest BCUT2D eigenvalue weighted by Crippen LogP contribution is -2.35. The average Bonchev–Trinajstić information content (AvgIpc) is 0.807. The van der Waals surface area contributed by atoms with Crippen molar-refractivity contribution in [2.24, 2.45) is 17.8 Å². The summed E-state index contributed by atoms with van der Waals surface area (Å²) in [5.41, 5.74) is 14.2. The Kier molecular flexibility index (Phi) is 33.1. The number of anilines is 6. The number of rotatable bonds is 31. The molecule has 3 saturated heterocycles. The van der Waals surface area contributed by atoms with Crippen LogP contribution in [0.5, 0.6) is 0 Å². The van der Waals surface area contributed by atoms with Gasteiger partial charge in [0.1, 0.15) is 64.8 Å². The molecular weight excluding hydrogens is 1500 g/mol. The van der Waals surface area contributed by atoms with Crippen molar-refractivity contribution in [3.8, 4) is 0 Å². The van der Waals surface area contributed by atoms with Crippen LogP contribution >= 0.6 is 0 Å². The van der Waals surface area contributed by atoms with Crippen LogP contribution in [-0.4, -0.2) is 192 Å². The monoisotopic (exact) mass is 1610 g/mol. The molecule has 6 aromatic heterocycles. The van der Waals surface area contributed by atoms with Gasteiger partial charge < -0.3 is 60.2 Å². The van der Waals surface area contributed by atoms with Crippen LogP contribution in [0.2, 0.25) is 0 Å². The van der Waals surface area contributed by atoms with Gasteiger partial charge >= 0.3 is 35.8 Å². The first-order valence-corrected chi connectivity index (χ1v) is 41.2. The third kappa shape index (κ3) is 25.7. The van der Waals surface area contributed by atoms with Crippen molar-refractivity contribution >= 4 is 88.1 Å². The van der Waals surface area contributed by atoms with Crippen molar-refractivity contribution in [1.29, 1.82) is 0 Å². The molecular formula is C87H119N15O15. The van der Waals surface area contributed by atoms with Gasteiger partial charge in [-0.15, -0.1) is 0 Å². The quantitative estimate of drug-likeness (QED) is 0.0174. The molecule has 117 heavy (non-hydrogen) atoms. The van der Waals surface area contributed by atoms with E-state index in [-0.39, 0.29) is 83.3 Å². The lowest BCUT2D eigenvalue weighted by atomic mass is 9.90. The molecule has 12 rings (SSSR count). The fraction of sp³-hybridized carbons (Fsp3) is 0.586. The minimum atomic E-state index is -1.13. The first kappa shape index (κ1) is 90.2. The Labute approximate surface area is 686 Å². The third-order valence-corrected chi connectivity index (χ3v) is 22.8. The zero-order valence-corrected chi connectivity index (χ0v) is 68.9. The molecule has 0 saturated carbocycles. The van der Waals surface area contributed by atoms with Gasteiger partial charge in [0.25, 0.3) is 0 Å². The number of aliphatic carboxylic acids is 3. The van der Waals surface area contributed by atoms with E-state index in [1.54, 1.807) is 0 Å². The molecule has 0 spiro atoms. The number of carbonyl (C=O) groups is 9. The number of nitrogens with one attached hydrogen (secondary N) is 3. The number of ether oxygens (including phenoxy) is 3. The number of esters is 3. The smallest absolute Gasteiger partial charge is 0.308 e. The minimum Gasteiger partial charge on any atom is -0.481 e. The van der Waals surface area contributed by atoms with Gasteiger partial charge in [-0.2, -0.15) is 0 Å². The molecule has 4 unspecified atom stereocenters. The number of aryl methyl sites for hydroxylation is 9. The molecule has 30 nitrogen and oxygen atoms in total. The molecule has 6 aromatic rings. The number of piperidine rings is 3. The molecule has 0 amide bonds. The molecule has 0 radical (unpaired) electrons. The topological polar surface area (TPSA) is 404 Å². The summed E-state index contributed by atoms with van der Waals surface area (Å²) >= 11 is 0. The van der Waals surface area contributed by atoms with Gasteiger partial charge in [-0.1, -0.05) is 25.6 Å². The predicted molar refractivity (Wildman–Crippen MR) is 443 cm³/mol. The summed E-state index contributed by atoms with van der Waals surface area (Å²) in [5.74, 6) is -1.96. The third-order valence-electron chi connectivity index (χ3n) is 22.8. The van der Waals surface area contributed by atoms with E-state index in [1.807, 2.05) is 41.5 Å². The van der Waals surface area contributed by atoms with Crippen molar-refractivity contribution in [1.82, 2.24) is 44.9 Å². The second-order valence-electron chi connectivity index (χ2n) is 31.8. The maximum absolute atomic E-state index is 12.2. The van der Waals surface area contributed by atoms with E-state index in [9.17, 15) is 58.5 Å². The number of carboxylic acid groups (broad SMARTS) is 3. The summed E-state index contributed by atoms with van der Waals surface area (Å²) in [6.07, 6.45) is 18.3. The summed E-state index contributed by atoms with van der Waals surface area (Å²) in [5, 5.41) is 38.2. The van der Waals surface area contributed by atoms with Gasteiger partial charge in [-0.05, 0) is 220 Å². The van der Waals surface area contributed by atoms with Crippen LogP contribution in [0.4, 0.5) is 34.9 Å². The van der Waals surface area contributed by atoms with Crippen molar-refractivity contribution < 1.29 is 72.7 Å². The van der Waals surface area contributed by atoms with Gasteiger partial charge in [0, 0.05) is 134 Å². The van der Waals surface area contributed by atoms with Gasteiger partial charge in [0.05, 0.1) is 43.6 Å². The number of hydrogen-bond acceptors (Lipinski definition) is 27. The van der Waals surface area contributed by atoms with E-state index >= 15 is 0 Å². The molecule has 30 heteroatoms. The van der Waals surface area contributed by atoms with Crippen LogP contribution in [0, 0.1) is 59.3 Å². The first-order valence-electron chi connectivity index (χ1n) is 41.2. The summed E-state index contributed by atoms with van der Waals surface area (Å²) in [6, 6.07) is 13.4. The highest BCUT2D eigenvalue weighted by molar-refractivity contribution is 5.85. The second-order valence-corrected chi connectivity index (χ2v) is 31.8. The molecule has 0 bridgehead atoms. The fourth-order valence-corrected chi connectivity index (χ4v) is 15.9. The molecule has 6 N–H and O–H groups in total. The number of carboxylic acids is 3. The number of Topliss-reactive ketones (excluding diaryl/α,β-unsaturated/α-hetero) is 3. The highest BCUT2D eigenvalue weighted by Crippen LogP contribution is 2.38. The zero-order chi connectivity index (χ0) is 83.3. The molecule has 3 fully saturated rings. The number of pyridine rings is 3. The number of carbonyl (C=O) groups excluding carboxylic acids is 6. The van der Waals surface area contributed by atoms with Crippen LogP contribution in [0.25, 0.3) is 0 Å². The molecule has 632 valence electrons. The Balaban J connectivity index is 0.000000199. The largest absolute Gasteiger partial charge is 0.481 e. The number of hydrogen-bond donors (Lipinski definition) is 6. The minimum absolute atomic E-state index is 0. The van der Waals surface area contributed by atoms with Gasteiger partial charge in [-0.3, -0.25) is 58.1 Å². The average molecular weight is 1610 g/mol. The fourth-order valence-electron chi connectivity index (χ4n) is 15.9. The van der Waals surface area contributed by atoms with Crippen LogP contribution < -0.4 is 30.7 Å². The normalized spacial score (nSPS) is 16.5. The number of fused-ring (bicyclic) bond motifs is 3. The van der Waals surface area contributed by atoms with Gasteiger partial charge in [0.2, 0.25) is 0 Å². The van der Waals surface area contributed by atoms with E-state index in [0.717, 1.165) is 150 Å². The summed E-state index contributed by atoms with van der Waals surface area (Å²) in [6.45, 7) is 21.4. The highest BCUT2D eigenvalue weighted by Gasteiger charge is 2.33. The molecule has 9 heterocycles. The van der Waals surface area contributed by atoms with Crippen LogP contribution in [-0.2, 0) is 95.9 Å². The van der Waals surface area contributed by atoms with Crippen LogP contribution in [0.1, 0.15) is 241 Å². The standard InChI is InChI=1S/2C29H39N5O5.C28H37N5O5.CH4/c1-17-27(30-16-23(29(37)38)15-26(36)39-19(3)18(2)35)31-20(4)32-28(17)34-13-11-22(12-14-34)25-10-9-21-7-5-6-8-24(21)33-25;1-18(35)12-15-39-26(36)16-23(29(37)38)17-30-27-19(2)28(32-20(3)31-27)34-13-10-22(11-14-34)25-9-8-21-6-4-5-7-24(21)33-25;1-17(34)16-38-25(35)14-22(28(36)37)15-29-26-18(2)27(31-19(3)30-26)33-12-10-21(11-13-33)24-9-8-20-6-4-5-7-23(20)32-24;/h9-10,19,22-23H,5-8,11-16H2,1-4H3,(H,37,38)(H,30,31,32);8-9,22-23H,4-7,10-17H2,1-3H3,(H,37,38)(H,30,31,32);8-9,21-22H,4-7,10-16H2,1-3H3,(H,36,37)(H,29,30,31);1H4. The molecule has 0 aromatic carbocycles. The summed E-state index contributed by atoms with van der Waals surface area (Å²) in [4.78, 5) is 154. The molecule has 3 aliphatic carbocycles. The molecule has 4 atom stereocenters. The maximum Gasteiger partial charge on any atom is 0.308 e. The Hall–Kier alpha value is -10.7. The number of aromatic nitrogens is 9. The highest BCUT2D eigenvalue weighted by atomic mass is 16.5. The van der Waals surface area contributed by atoms with Crippen molar-refractivity contribution in [3.63, 3.8) is 0 Å². The van der Waals surface area contributed by atoms with Crippen LogP contribution in [0.3, 0.4) is 0 Å². The Bertz CT molecular complexity index is 4520. The lowest BCUT2D eigenvalue weighted by Gasteiger charge is -2.34. The Morgan fingerprint density at radius 1 is 0.419 bits per heavy atom. The summed E-state index contributed by atoms with van der Waals surface area (Å²) < 4.78 is 14.9. The first-order chi connectivity index (χ1) is 55.5. The van der Waals surface area contributed by atoms with Gasteiger partial charge in [0.15, 0.2) is 17.7 Å². The van der Waals surface area contributed by atoms with E-state index in [1.165, 1.54) is 117 Å². The van der Waals surface area contributed by atoms with Crippen molar-refractivity contribution in [2.45, 2.75) is 242 Å². The molecule has 3 aliphatic heterocycles. The number of nitrogens with zero attached hydrogens (tertiary/aromatic N) is 12. The van der Waals surface area contributed by atoms with E-state index in [4.69, 9.17) is 44.1 Å². The van der Waals surface area contributed by atoms with E-state index in [0.29, 0.717) is 52.7 Å². The zero-order valence-electron chi connectivity index (χ0n) is 68.9. The van der Waals surface area contributed by atoms with Gasteiger partial charge in [-0.25, -0.2) is 29.9 Å². The van der Waals surface area contributed by atoms with E-state index in [2.05, 4.69) is 82.0 Å². The maximum atomic E-state index is 12.2. The van der Waals surface area contributed by atoms with Crippen molar-refractivity contribution in [2.75, 3.05) is 103 Å².